The molecule has 4 N–H and O–H groups in total. The average molecular weight is 705 g/mol. The summed E-state index contributed by atoms with van der Waals surface area (Å²) in [6.07, 6.45) is 1.05. The van der Waals surface area contributed by atoms with Crippen LogP contribution in [0.25, 0.3) is 12.2 Å². The lowest BCUT2D eigenvalue weighted by molar-refractivity contribution is -0.120. The van der Waals surface area contributed by atoms with Gasteiger partial charge in [0.2, 0.25) is 11.8 Å². The van der Waals surface area contributed by atoms with Gasteiger partial charge in [0, 0.05) is 24.2 Å². The summed E-state index contributed by atoms with van der Waals surface area (Å²) in [5.74, 6) is -0.827. The fourth-order valence-electron chi connectivity index (χ4n) is 6.13. The van der Waals surface area contributed by atoms with Crippen molar-refractivity contribution in [2.24, 2.45) is 0 Å². The largest absolute Gasteiger partial charge is 0.445 e. The molecule has 0 saturated carbocycles. The van der Waals surface area contributed by atoms with Crippen molar-refractivity contribution < 1.29 is 38.9 Å². The number of rotatable bonds is 10. The lowest BCUT2D eigenvalue weighted by atomic mass is 10.1. The Kier molecular flexibility index (Phi) is 11.6. The molecule has 0 spiro atoms. The molecular formula is C40H40N4O8. The second kappa shape index (κ2) is 16.8. The first-order valence-corrected chi connectivity index (χ1v) is 17.0. The van der Waals surface area contributed by atoms with Crippen LogP contribution in [0.15, 0.2) is 109 Å². The fourth-order valence-corrected chi connectivity index (χ4v) is 6.13. The van der Waals surface area contributed by atoms with Gasteiger partial charge in [0.15, 0.2) is 0 Å². The van der Waals surface area contributed by atoms with E-state index in [0.29, 0.717) is 11.4 Å². The van der Waals surface area contributed by atoms with Crippen LogP contribution in [0.2, 0.25) is 0 Å². The topological polar surface area (TPSA) is 158 Å². The van der Waals surface area contributed by atoms with Crippen LogP contribution in [0.3, 0.4) is 0 Å². The molecule has 12 heteroatoms. The van der Waals surface area contributed by atoms with Crippen LogP contribution in [0.1, 0.15) is 35.1 Å². The van der Waals surface area contributed by atoms with Gasteiger partial charge in [-0.25, -0.2) is 9.59 Å². The number of nitrogens with one attached hydrogen (secondary N) is 2. The van der Waals surface area contributed by atoms with Crippen LogP contribution >= 0.6 is 0 Å². The van der Waals surface area contributed by atoms with Crippen molar-refractivity contribution in [1.82, 2.24) is 9.80 Å². The molecule has 2 aliphatic heterocycles. The number of carbonyl (C=O) groups excluding carboxylic acids is 4. The van der Waals surface area contributed by atoms with E-state index in [1.165, 1.54) is 9.80 Å². The fraction of sp³-hybridized carbons (Fsp3) is 0.250. The molecule has 2 fully saturated rings. The van der Waals surface area contributed by atoms with Crippen molar-refractivity contribution >= 4 is 47.5 Å². The highest BCUT2D eigenvalue weighted by Gasteiger charge is 2.41. The molecular weight excluding hydrogens is 664 g/mol. The van der Waals surface area contributed by atoms with Crippen molar-refractivity contribution in [1.29, 1.82) is 0 Å². The number of nitrogens with zero attached hydrogens (tertiary/aromatic N) is 2. The molecule has 2 saturated heterocycles. The summed E-state index contributed by atoms with van der Waals surface area (Å²) < 4.78 is 10.8. The third-order valence-corrected chi connectivity index (χ3v) is 8.87. The molecule has 0 bridgehead atoms. The van der Waals surface area contributed by atoms with Gasteiger partial charge in [-0.1, -0.05) is 97.1 Å². The van der Waals surface area contributed by atoms with Crippen LogP contribution in [-0.2, 0) is 32.3 Å². The first-order chi connectivity index (χ1) is 25.2. The van der Waals surface area contributed by atoms with Crippen LogP contribution in [0.4, 0.5) is 21.0 Å². The highest BCUT2D eigenvalue weighted by molar-refractivity contribution is 5.98. The number of anilines is 2. The summed E-state index contributed by atoms with van der Waals surface area (Å²) in [7, 11) is 0. The maximum atomic E-state index is 13.1. The van der Waals surface area contributed by atoms with E-state index in [-0.39, 0.29) is 39.1 Å². The van der Waals surface area contributed by atoms with Gasteiger partial charge in [-0.2, -0.15) is 0 Å². The highest BCUT2D eigenvalue weighted by Crippen LogP contribution is 2.24. The van der Waals surface area contributed by atoms with E-state index >= 15 is 0 Å². The summed E-state index contributed by atoms with van der Waals surface area (Å²) in [4.78, 5) is 54.2. The zero-order valence-corrected chi connectivity index (χ0v) is 28.3. The molecule has 4 aromatic carbocycles. The van der Waals surface area contributed by atoms with Crippen LogP contribution in [0.5, 0.6) is 0 Å². The van der Waals surface area contributed by atoms with Gasteiger partial charge in [0.25, 0.3) is 0 Å². The zero-order chi connectivity index (χ0) is 36.5. The molecule has 52 heavy (non-hydrogen) atoms. The maximum absolute atomic E-state index is 13.1. The SMILES string of the molecule is O=C(Nc1ccc(/C=C/c2ccc(NC(=O)[C@H]3C[C@@H](O)CN3C(=O)OCc3ccccc3)cc2)cc1)[C@H]1C[C@@H](O)CN1C(=O)OCc1ccccc1. The molecule has 0 unspecified atom stereocenters. The number of aliphatic hydroxyl groups excluding tert-OH is 2. The van der Waals surface area contributed by atoms with E-state index in [1.54, 1.807) is 24.3 Å². The van der Waals surface area contributed by atoms with E-state index in [4.69, 9.17) is 9.47 Å². The molecule has 4 aromatic rings. The molecule has 6 rings (SSSR count). The summed E-state index contributed by atoms with van der Waals surface area (Å²) in [6.45, 7) is 0.157. The summed E-state index contributed by atoms with van der Waals surface area (Å²) in [5, 5.41) is 26.1. The Hall–Kier alpha value is -5.98. The lowest BCUT2D eigenvalue weighted by Gasteiger charge is -2.23. The number of hydrogen-bond donors (Lipinski definition) is 4. The lowest BCUT2D eigenvalue weighted by Crippen LogP contribution is -2.43. The predicted octanol–water partition coefficient (Wildman–Crippen LogP) is 5.28. The van der Waals surface area contributed by atoms with Gasteiger partial charge in [-0.05, 0) is 46.5 Å². The summed E-state index contributed by atoms with van der Waals surface area (Å²) in [5.41, 5.74) is 4.47. The molecule has 4 amide bonds. The van der Waals surface area contributed by atoms with Gasteiger partial charge >= 0.3 is 12.2 Å². The van der Waals surface area contributed by atoms with Crippen molar-refractivity contribution in [2.75, 3.05) is 23.7 Å². The normalized spacial score (nSPS) is 19.7. The standard InChI is InChI=1S/C40H40N4O8/c45-33-21-35(43(23-33)39(49)51-25-29-7-3-1-4-8-29)37(47)41-31-17-13-27(14-18-31)11-12-28-15-19-32(20-16-28)42-38(48)36-22-34(46)24-44(36)40(50)52-26-30-9-5-2-6-10-30/h1-20,33-36,45-46H,21-26H2,(H,41,47)(H,42,48)/b12-11+/t33-,34-,35-,36-/m1/s1. The molecule has 0 radical (unpaired) electrons. The van der Waals surface area contributed by atoms with Crippen LogP contribution in [-0.4, -0.2) is 81.4 Å². The Morgan fingerprint density at radius 1 is 0.577 bits per heavy atom. The Balaban J connectivity index is 0.981. The van der Waals surface area contributed by atoms with Crippen molar-refractivity contribution in [3.8, 4) is 0 Å². The Morgan fingerprint density at radius 2 is 0.942 bits per heavy atom. The number of carbonyl (C=O) groups is 4. The van der Waals surface area contributed by atoms with Crippen molar-refractivity contribution in [3.05, 3.63) is 131 Å². The van der Waals surface area contributed by atoms with Gasteiger partial charge in [0.1, 0.15) is 25.3 Å². The second-order valence-electron chi connectivity index (χ2n) is 12.8. The zero-order valence-electron chi connectivity index (χ0n) is 28.3. The van der Waals surface area contributed by atoms with E-state index in [2.05, 4.69) is 10.6 Å². The maximum Gasteiger partial charge on any atom is 0.410 e. The number of hydrogen-bond acceptors (Lipinski definition) is 8. The third kappa shape index (κ3) is 9.42. The minimum Gasteiger partial charge on any atom is -0.445 e. The third-order valence-electron chi connectivity index (χ3n) is 8.87. The molecule has 4 atom stereocenters. The quantitative estimate of drug-likeness (QED) is 0.163. The number of benzene rings is 4. The Morgan fingerprint density at radius 3 is 1.31 bits per heavy atom. The van der Waals surface area contributed by atoms with E-state index < -0.39 is 48.3 Å². The second-order valence-corrected chi connectivity index (χ2v) is 12.8. The number of amides is 4. The van der Waals surface area contributed by atoms with E-state index in [1.807, 2.05) is 97.1 Å². The number of ether oxygens (including phenoxy) is 2. The average Bonchev–Trinajstić information content (AvgIpc) is 3.77. The molecule has 2 aliphatic rings. The van der Waals surface area contributed by atoms with Crippen LogP contribution < -0.4 is 10.6 Å². The number of aliphatic hydroxyl groups is 2. The minimum atomic E-state index is -0.865. The molecule has 2 heterocycles. The van der Waals surface area contributed by atoms with Gasteiger partial charge in [-0.3, -0.25) is 19.4 Å². The molecule has 0 aliphatic carbocycles. The summed E-state index contributed by atoms with van der Waals surface area (Å²) in [6, 6.07) is 31.1. The smallest absolute Gasteiger partial charge is 0.410 e. The van der Waals surface area contributed by atoms with Gasteiger partial charge in [0.05, 0.1) is 25.3 Å². The monoisotopic (exact) mass is 704 g/mol. The molecule has 0 aromatic heterocycles. The Labute approximate surface area is 301 Å². The highest BCUT2D eigenvalue weighted by atomic mass is 16.6. The number of likely N-dealkylation sites (tertiary alicyclic amines) is 2. The van der Waals surface area contributed by atoms with Gasteiger partial charge < -0.3 is 30.3 Å². The molecule has 12 nitrogen and oxygen atoms in total. The van der Waals surface area contributed by atoms with E-state index in [9.17, 15) is 29.4 Å². The summed E-state index contributed by atoms with van der Waals surface area (Å²) >= 11 is 0. The van der Waals surface area contributed by atoms with E-state index in [0.717, 1.165) is 22.3 Å². The van der Waals surface area contributed by atoms with Crippen molar-refractivity contribution in [2.45, 2.75) is 50.3 Å². The van der Waals surface area contributed by atoms with Crippen LogP contribution in [0, 0.1) is 0 Å². The molecule has 268 valence electrons. The first-order valence-electron chi connectivity index (χ1n) is 17.0. The minimum absolute atomic E-state index is 0.0120. The predicted molar refractivity (Wildman–Crippen MR) is 195 cm³/mol. The Bertz CT molecular complexity index is 1730. The van der Waals surface area contributed by atoms with Gasteiger partial charge in [-0.15, -0.1) is 0 Å². The first kappa shape index (κ1) is 35.8. The van der Waals surface area contributed by atoms with Crippen molar-refractivity contribution in [3.63, 3.8) is 0 Å². The number of β-amino-alcohol motifs (C(OH)–C–C–N with tert-alkyl or cyclic N) is 2.